The Labute approximate surface area is 213 Å². The Kier molecular flexibility index (Phi) is 22.4. The highest BCUT2D eigenvalue weighted by molar-refractivity contribution is 5.76. The molecule has 0 aromatic rings. The molecular formula is C28H54O7. The van der Waals surface area contributed by atoms with Crippen LogP contribution in [0, 0.1) is 0 Å². The zero-order valence-electron chi connectivity index (χ0n) is 22.4. The summed E-state index contributed by atoms with van der Waals surface area (Å²) in [6.45, 7) is 3.74. The minimum absolute atomic E-state index is 0.336. The topological polar surface area (TPSA) is 124 Å². The summed E-state index contributed by atoms with van der Waals surface area (Å²) in [6.07, 6.45) is 18.5. The lowest BCUT2D eigenvalue weighted by atomic mass is 9.89. The second kappa shape index (κ2) is 23.2. The summed E-state index contributed by atoms with van der Waals surface area (Å²) in [5, 5.41) is 37.7. The molecule has 0 spiro atoms. The maximum Gasteiger partial charge on any atom is 0.335 e. The van der Waals surface area contributed by atoms with Crippen LogP contribution < -0.4 is 0 Å². The third kappa shape index (κ3) is 20.7. The number of carboxylic acid groups (broad SMARTS) is 2. The van der Waals surface area contributed by atoms with Gasteiger partial charge in [-0.3, -0.25) is 0 Å². The average molecular weight is 503 g/mol. The van der Waals surface area contributed by atoms with Crippen molar-refractivity contribution in [2.75, 3.05) is 13.2 Å². The second-order valence-corrected chi connectivity index (χ2v) is 10.1. The smallest absolute Gasteiger partial charge is 0.335 e. The number of unbranched alkanes of at least 4 members (excludes halogenated alkanes) is 15. The van der Waals surface area contributed by atoms with Gasteiger partial charge in [0, 0.05) is 13.2 Å². The molecule has 0 bridgehead atoms. The van der Waals surface area contributed by atoms with Crippen LogP contribution in [-0.4, -0.2) is 57.3 Å². The molecule has 0 saturated carbocycles. The van der Waals surface area contributed by atoms with Gasteiger partial charge in [-0.1, -0.05) is 96.8 Å². The van der Waals surface area contributed by atoms with Crippen molar-refractivity contribution in [2.45, 2.75) is 153 Å². The Morgan fingerprint density at radius 2 is 1.06 bits per heavy atom. The SMILES string of the molecule is CCCCCCCCC(O)(CCCCCCCCOCCCCCCCCC(O)C(=O)O)C(=O)O. The molecule has 2 unspecified atom stereocenters. The lowest BCUT2D eigenvalue weighted by Gasteiger charge is -2.23. The van der Waals surface area contributed by atoms with Crippen LogP contribution in [0.25, 0.3) is 0 Å². The fraction of sp³-hybridized carbons (Fsp3) is 0.929. The fourth-order valence-corrected chi connectivity index (χ4v) is 4.34. The molecule has 0 fully saturated rings. The van der Waals surface area contributed by atoms with Crippen molar-refractivity contribution >= 4 is 11.9 Å². The molecule has 0 aliphatic heterocycles. The van der Waals surface area contributed by atoms with E-state index >= 15 is 0 Å². The Morgan fingerprint density at radius 1 is 0.657 bits per heavy atom. The van der Waals surface area contributed by atoms with Crippen molar-refractivity contribution in [3.05, 3.63) is 0 Å². The molecule has 208 valence electrons. The molecule has 0 saturated heterocycles. The van der Waals surface area contributed by atoms with Crippen LogP contribution in [0.5, 0.6) is 0 Å². The Morgan fingerprint density at radius 3 is 1.49 bits per heavy atom. The van der Waals surface area contributed by atoms with Crippen molar-refractivity contribution in [3.8, 4) is 0 Å². The van der Waals surface area contributed by atoms with Gasteiger partial charge in [-0.25, -0.2) is 9.59 Å². The summed E-state index contributed by atoms with van der Waals surface area (Å²) >= 11 is 0. The van der Waals surface area contributed by atoms with Crippen LogP contribution in [-0.2, 0) is 14.3 Å². The first-order valence-corrected chi connectivity index (χ1v) is 14.3. The van der Waals surface area contributed by atoms with Crippen LogP contribution in [0.3, 0.4) is 0 Å². The molecule has 4 N–H and O–H groups in total. The summed E-state index contributed by atoms with van der Waals surface area (Å²) in [5.74, 6) is -2.21. The predicted octanol–water partition coefficient (Wildman–Crippen LogP) is 6.48. The monoisotopic (exact) mass is 502 g/mol. The first-order valence-electron chi connectivity index (χ1n) is 14.3. The van der Waals surface area contributed by atoms with Gasteiger partial charge >= 0.3 is 11.9 Å². The number of hydrogen-bond donors (Lipinski definition) is 4. The number of ether oxygens (including phenoxy) is 1. The Bertz CT molecular complexity index is 512. The van der Waals surface area contributed by atoms with E-state index in [4.69, 9.17) is 9.84 Å². The van der Waals surface area contributed by atoms with E-state index < -0.39 is 23.6 Å². The predicted molar refractivity (Wildman–Crippen MR) is 140 cm³/mol. The zero-order chi connectivity index (χ0) is 26.2. The van der Waals surface area contributed by atoms with Crippen LogP contribution in [0.2, 0.25) is 0 Å². The van der Waals surface area contributed by atoms with E-state index in [-0.39, 0.29) is 0 Å². The van der Waals surface area contributed by atoms with E-state index in [1.54, 1.807) is 0 Å². The van der Waals surface area contributed by atoms with Gasteiger partial charge in [0.2, 0.25) is 0 Å². The highest BCUT2D eigenvalue weighted by Crippen LogP contribution is 2.24. The molecule has 7 heteroatoms. The third-order valence-corrected chi connectivity index (χ3v) is 6.77. The van der Waals surface area contributed by atoms with Gasteiger partial charge in [-0.05, 0) is 44.9 Å². The molecule has 0 aromatic heterocycles. The van der Waals surface area contributed by atoms with E-state index in [1.165, 1.54) is 19.3 Å². The molecule has 0 heterocycles. The molecule has 0 aromatic carbocycles. The van der Waals surface area contributed by atoms with E-state index in [0.717, 1.165) is 110 Å². The molecule has 0 aliphatic rings. The van der Waals surface area contributed by atoms with Crippen molar-refractivity contribution in [1.82, 2.24) is 0 Å². The van der Waals surface area contributed by atoms with E-state index in [2.05, 4.69) is 6.92 Å². The van der Waals surface area contributed by atoms with Crippen LogP contribution in [0.4, 0.5) is 0 Å². The molecule has 2 atom stereocenters. The summed E-state index contributed by atoms with van der Waals surface area (Å²) < 4.78 is 5.69. The first-order chi connectivity index (χ1) is 16.8. The lowest BCUT2D eigenvalue weighted by molar-refractivity contribution is -0.160. The van der Waals surface area contributed by atoms with Gasteiger partial charge in [-0.2, -0.15) is 0 Å². The number of aliphatic hydroxyl groups is 2. The maximum absolute atomic E-state index is 11.5. The van der Waals surface area contributed by atoms with Gasteiger partial charge in [0.15, 0.2) is 11.7 Å². The van der Waals surface area contributed by atoms with Gasteiger partial charge in [-0.15, -0.1) is 0 Å². The summed E-state index contributed by atoms with van der Waals surface area (Å²) in [4.78, 5) is 22.0. The van der Waals surface area contributed by atoms with Crippen molar-refractivity contribution in [2.24, 2.45) is 0 Å². The summed E-state index contributed by atoms with van der Waals surface area (Å²) in [7, 11) is 0. The lowest BCUT2D eigenvalue weighted by Crippen LogP contribution is -2.38. The molecule has 0 rings (SSSR count). The standard InChI is InChI=1S/C28H54O7/c1-2-3-4-5-11-16-21-28(34,27(32)33)22-17-12-7-9-14-19-24-35-23-18-13-8-6-10-15-20-25(29)26(30)31/h25,29,34H,2-24H2,1H3,(H,30,31)(H,32,33). The number of rotatable bonds is 27. The Hall–Kier alpha value is -1.18. The number of aliphatic hydroxyl groups excluding tert-OH is 1. The average Bonchev–Trinajstić information content (AvgIpc) is 2.82. The summed E-state index contributed by atoms with van der Waals surface area (Å²) in [5.41, 5.74) is -1.55. The van der Waals surface area contributed by atoms with E-state index in [1.807, 2.05) is 0 Å². The molecule has 0 amide bonds. The Balaban J connectivity index is 3.48. The van der Waals surface area contributed by atoms with Crippen molar-refractivity contribution in [1.29, 1.82) is 0 Å². The van der Waals surface area contributed by atoms with Gasteiger partial charge in [0.05, 0.1) is 0 Å². The number of carboxylic acids is 2. The molecule has 0 aliphatic carbocycles. The van der Waals surface area contributed by atoms with Gasteiger partial charge < -0.3 is 25.2 Å². The number of aliphatic carboxylic acids is 2. The molecule has 0 radical (unpaired) electrons. The number of carbonyl (C=O) groups is 2. The first kappa shape index (κ1) is 33.8. The molecule has 35 heavy (non-hydrogen) atoms. The fourth-order valence-electron chi connectivity index (χ4n) is 4.34. The van der Waals surface area contributed by atoms with E-state index in [0.29, 0.717) is 19.3 Å². The van der Waals surface area contributed by atoms with Gasteiger partial charge in [0.1, 0.15) is 0 Å². The molecule has 7 nitrogen and oxygen atoms in total. The normalized spacial score (nSPS) is 14.0. The van der Waals surface area contributed by atoms with E-state index in [9.17, 15) is 24.9 Å². The van der Waals surface area contributed by atoms with Crippen molar-refractivity contribution in [3.63, 3.8) is 0 Å². The quantitative estimate of drug-likeness (QED) is 0.0948. The highest BCUT2D eigenvalue weighted by Gasteiger charge is 2.34. The van der Waals surface area contributed by atoms with Gasteiger partial charge in [0.25, 0.3) is 0 Å². The largest absolute Gasteiger partial charge is 0.479 e. The minimum atomic E-state index is -1.55. The third-order valence-electron chi connectivity index (χ3n) is 6.77. The van der Waals surface area contributed by atoms with Crippen LogP contribution >= 0.6 is 0 Å². The number of hydrogen-bond acceptors (Lipinski definition) is 5. The van der Waals surface area contributed by atoms with Crippen LogP contribution in [0.1, 0.15) is 142 Å². The zero-order valence-corrected chi connectivity index (χ0v) is 22.4. The highest BCUT2D eigenvalue weighted by atomic mass is 16.5. The second-order valence-electron chi connectivity index (χ2n) is 10.1. The summed E-state index contributed by atoms with van der Waals surface area (Å²) in [6, 6.07) is 0. The van der Waals surface area contributed by atoms with Crippen molar-refractivity contribution < 1.29 is 34.8 Å². The minimum Gasteiger partial charge on any atom is -0.479 e. The maximum atomic E-state index is 11.5. The molecular weight excluding hydrogens is 448 g/mol. The van der Waals surface area contributed by atoms with Crippen LogP contribution in [0.15, 0.2) is 0 Å².